The van der Waals surface area contributed by atoms with Crippen LogP contribution in [-0.2, 0) is 9.47 Å². The lowest BCUT2D eigenvalue weighted by atomic mass is 10.1. The number of hydrogen-bond acceptors (Lipinski definition) is 2. The van der Waals surface area contributed by atoms with Crippen molar-refractivity contribution in [3.05, 3.63) is 6.42 Å². The Morgan fingerprint density at radius 2 is 2.00 bits per heavy atom. The molecule has 0 bridgehead atoms. The van der Waals surface area contributed by atoms with Gasteiger partial charge in [-0.05, 0) is 33.1 Å². The Morgan fingerprint density at radius 3 is 2.64 bits per heavy atom. The molecule has 0 N–H and O–H groups in total. The minimum absolute atomic E-state index is 0.388. The Labute approximate surface area is 89.0 Å². The van der Waals surface area contributed by atoms with Crippen molar-refractivity contribution in [1.29, 1.82) is 0 Å². The predicted molar refractivity (Wildman–Crippen MR) is 60.3 cm³/mol. The minimum Gasteiger partial charge on any atom is -0.385 e. The summed E-state index contributed by atoms with van der Waals surface area (Å²) >= 11 is 0. The van der Waals surface area contributed by atoms with Crippen LogP contribution in [0.2, 0.25) is 0 Å². The molecular weight excluding hydrogens is 176 g/mol. The summed E-state index contributed by atoms with van der Waals surface area (Å²) in [7, 11) is 1.76. The topological polar surface area (TPSA) is 18.5 Å². The van der Waals surface area contributed by atoms with E-state index in [-0.39, 0.29) is 0 Å². The molecule has 0 fully saturated rings. The molecule has 2 heteroatoms. The summed E-state index contributed by atoms with van der Waals surface area (Å²) in [6.07, 6.45) is 8.76. The van der Waals surface area contributed by atoms with E-state index in [9.17, 15) is 0 Å². The van der Waals surface area contributed by atoms with Crippen molar-refractivity contribution in [2.45, 2.75) is 52.1 Å². The molecule has 0 aromatic carbocycles. The van der Waals surface area contributed by atoms with E-state index in [1.54, 1.807) is 7.11 Å². The van der Waals surface area contributed by atoms with Crippen LogP contribution in [0.4, 0.5) is 0 Å². The molecule has 1 radical (unpaired) electrons. The lowest BCUT2D eigenvalue weighted by Crippen LogP contribution is -2.07. The first-order chi connectivity index (χ1) is 6.81. The summed E-state index contributed by atoms with van der Waals surface area (Å²) in [5.74, 6) is 0. The number of rotatable bonds is 10. The van der Waals surface area contributed by atoms with Gasteiger partial charge in [0.1, 0.15) is 0 Å². The molecule has 0 spiro atoms. The molecular formula is C12H25O2. The van der Waals surface area contributed by atoms with Crippen LogP contribution in [0.15, 0.2) is 0 Å². The van der Waals surface area contributed by atoms with E-state index in [2.05, 4.69) is 13.3 Å². The van der Waals surface area contributed by atoms with Gasteiger partial charge in [0.05, 0.1) is 6.10 Å². The molecule has 85 valence electrons. The summed E-state index contributed by atoms with van der Waals surface area (Å²) in [6.45, 7) is 5.89. The molecule has 0 saturated heterocycles. The second-order valence-electron chi connectivity index (χ2n) is 3.63. The summed E-state index contributed by atoms with van der Waals surface area (Å²) in [5, 5.41) is 0. The van der Waals surface area contributed by atoms with Gasteiger partial charge in [-0.3, -0.25) is 0 Å². The van der Waals surface area contributed by atoms with Gasteiger partial charge in [0.25, 0.3) is 0 Å². The highest BCUT2D eigenvalue weighted by molar-refractivity contribution is 4.68. The molecule has 1 unspecified atom stereocenters. The van der Waals surface area contributed by atoms with Gasteiger partial charge in [0.15, 0.2) is 0 Å². The average Bonchev–Trinajstić information content (AvgIpc) is 2.17. The van der Waals surface area contributed by atoms with Crippen LogP contribution in [0.1, 0.15) is 46.0 Å². The summed E-state index contributed by atoms with van der Waals surface area (Å²) < 4.78 is 10.4. The monoisotopic (exact) mass is 201 g/mol. The van der Waals surface area contributed by atoms with Crippen LogP contribution in [0.25, 0.3) is 0 Å². The van der Waals surface area contributed by atoms with E-state index >= 15 is 0 Å². The smallest absolute Gasteiger partial charge is 0.0549 e. The van der Waals surface area contributed by atoms with Gasteiger partial charge in [-0.15, -0.1) is 0 Å². The highest BCUT2D eigenvalue weighted by atomic mass is 16.5. The Hall–Kier alpha value is -0.0800. The zero-order valence-corrected chi connectivity index (χ0v) is 9.92. The third-order valence-corrected chi connectivity index (χ3v) is 2.21. The highest BCUT2D eigenvalue weighted by Crippen LogP contribution is 2.08. The molecule has 2 nitrogen and oxygen atoms in total. The lowest BCUT2D eigenvalue weighted by molar-refractivity contribution is 0.0755. The van der Waals surface area contributed by atoms with E-state index in [1.165, 1.54) is 25.7 Å². The maximum absolute atomic E-state index is 5.44. The molecule has 0 rings (SSSR count). The quantitative estimate of drug-likeness (QED) is 0.505. The van der Waals surface area contributed by atoms with Crippen LogP contribution in [0, 0.1) is 6.42 Å². The minimum atomic E-state index is 0.388. The van der Waals surface area contributed by atoms with Crippen LogP contribution < -0.4 is 0 Å². The van der Waals surface area contributed by atoms with E-state index in [0.717, 1.165) is 19.6 Å². The van der Waals surface area contributed by atoms with Crippen molar-refractivity contribution in [2.24, 2.45) is 0 Å². The number of unbranched alkanes of at least 4 members (excludes halogenated alkanes) is 4. The Balaban J connectivity index is 2.98. The fourth-order valence-corrected chi connectivity index (χ4v) is 1.42. The Morgan fingerprint density at radius 1 is 1.21 bits per heavy atom. The van der Waals surface area contributed by atoms with Crippen LogP contribution in [0.5, 0.6) is 0 Å². The predicted octanol–water partition coefficient (Wildman–Crippen LogP) is 3.21. The van der Waals surface area contributed by atoms with Crippen molar-refractivity contribution < 1.29 is 9.47 Å². The first-order valence-corrected chi connectivity index (χ1v) is 5.73. The van der Waals surface area contributed by atoms with Gasteiger partial charge in [0, 0.05) is 20.3 Å². The number of methoxy groups -OCH3 is 1. The number of hydrogen-bond donors (Lipinski definition) is 0. The molecule has 0 aliphatic carbocycles. The molecule has 0 aromatic heterocycles. The molecule has 1 atom stereocenters. The molecule has 0 amide bonds. The van der Waals surface area contributed by atoms with Crippen LogP contribution >= 0.6 is 0 Å². The molecule has 0 aliphatic heterocycles. The average molecular weight is 201 g/mol. The SMILES string of the molecule is CCOC(C)C[CH]CCCCCOC. The van der Waals surface area contributed by atoms with Gasteiger partial charge in [-0.1, -0.05) is 19.3 Å². The van der Waals surface area contributed by atoms with Gasteiger partial charge in [-0.25, -0.2) is 0 Å². The summed E-state index contributed by atoms with van der Waals surface area (Å²) in [5.41, 5.74) is 0. The van der Waals surface area contributed by atoms with E-state index in [0.29, 0.717) is 6.10 Å². The first kappa shape index (κ1) is 13.9. The zero-order chi connectivity index (χ0) is 10.6. The van der Waals surface area contributed by atoms with E-state index in [1.807, 2.05) is 6.92 Å². The molecule has 0 aromatic rings. The van der Waals surface area contributed by atoms with Gasteiger partial charge in [0.2, 0.25) is 0 Å². The molecule has 0 aliphatic rings. The maximum atomic E-state index is 5.44. The summed E-state index contributed by atoms with van der Waals surface area (Å²) in [6, 6.07) is 0. The normalized spacial score (nSPS) is 13.1. The van der Waals surface area contributed by atoms with E-state index in [4.69, 9.17) is 9.47 Å². The Kier molecular flexibility index (Phi) is 10.9. The van der Waals surface area contributed by atoms with Crippen molar-refractivity contribution in [2.75, 3.05) is 20.3 Å². The van der Waals surface area contributed by atoms with Gasteiger partial charge >= 0.3 is 0 Å². The maximum Gasteiger partial charge on any atom is 0.0549 e. The fourth-order valence-electron chi connectivity index (χ4n) is 1.42. The van der Waals surface area contributed by atoms with E-state index < -0.39 is 0 Å². The second-order valence-corrected chi connectivity index (χ2v) is 3.63. The Bertz CT molecular complexity index is 104. The van der Waals surface area contributed by atoms with Crippen molar-refractivity contribution in [1.82, 2.24) is 0 Å². The standard InChI is InChI=1S/C12H25O2/c1-4-14-12(2)10-8-6-5-7-9-11-13-3/h8,12H,4-7,9-11H2,1-3H3. The van der Waals surface area contributed by atoms with Gasteiger partial charge in [-0.2, -0.15) is 0 Å². The van der Waals surface area contributed by atoms with Crippen molar-refractivity contribution in [3.8, 4) is 0 Å². The number of ether oxygens (including phenoxy) is 2. The largest absolute Gasteiger partial charge is 0.385 e. The third kappa shape index (κ3) is 10.0. The molecule has 14 heavy (non-hydrogen) atoms. The zero-order valence-electron chi connectivity index (χ0n) is 9.92. The second kappa shape index (κ2) is 11.0. The lowest BCUT2D eigenvalue weighted by Gasteiger charge is -2.10. The molecule has 0 saturated carbocycles. The fraction of sp³-hybridized carbons (Fsp3) is 0.917. The highest BCUT2D eigenvalue weighted by Gasteiger charge is 1.99. The van der Waals surface area contributed by atoms with Crippen LogP contribution in [-0.4, -0.2) is 26.4 Å². The molecule has 0 heterocycles. The third-order valence-electron chi connectivity index (χ3n) is 2.21. The summed E-state index contributed by atoms with van der Waals surface area (Å²) in [4.78, 5) is 0. The van der Waals surface area contributed by atoms with Crippen LogP contribution in [0.3, 0.4) is 0 Å². The van der Waals surface area contributed by atoms with Gasteiger partial charge < -0.3 is 9.47 Å². The van der Waals surface area contributed by atoms with Crippen molar-refractivity contribution >= 4 is 0 Å². The van der Waals surface area contributed by atoms with Crippen molar-refractivity contribution in [3.63, 3.8) is 0 Å². The first-order valence-electron chi connectivity index (χ1n) is 5.73.